The van der Waals surface area contributed by atoms with Crippen molar-refractivity contribution in [3.63, 3.8) is 0 Å². The number of hydrogen-bond acceptors (Lipinski definition) is 2. The Morgan fingerprint density at radius 2 is 2.23 bits per heavy atom. The van der Waals surface area contributed by atoms with E-state index in [0.717, 1.165) is 29.7 Å². The Hall–Kier alpha value is -1.18. The van der Waals surface area contributed by atoms with E-state index in [1.807, 2.05) is 13.0 Å². The van der Waals surface area contributed by atoms with Crippen LogP contribution in [0.25, 0.3) is 0 Å². The first-order valence-electron chi connectivity index (χ1n) is 4.77. The van der Waals surface area contributed by atoms with Crippen molar-refractivity contribution in [2.45, 2.75) is 26.7 Å². The van der Waals surface area contributed by atoms with Gasteiger partial charge >= 0.3 is 0 Å². The van der Waals surface area contributed by atoms with Gasteiger partial charge in [-0.2, -0.15) is 0 Å². The molecule has 0 fully saturated rings. The summed E-state index contributed by atoms with van der Waals surface area (Å²) in [5, 5.41) is 9.53. The molecule has 0 saturated heterocycles. The van der Waals surface area contributed by atoms with Crippen LogP contribution >= 0.6 is 0 Å². The van der Waals surface area contributed by atoms with Gasteiger partial charge in [-0.3, -0.25) is 0 Å². The van der Waals surface area contributed by atoms with Crippen molar-refractivity contribution in [2.24, 2.45) is 0 Å². The van der Waals surface area contributed by atoms with Crippen LogP contribution in [0.4, 0.5) is 0 Å². The zero-order chi connectivity index (χ0) is 9.42. The smallest absolute Gasteiger partial charge is 0.129 e. The summed E-state index contributed by atoms with van der Waals surface area (Å²) >= 11 is 0. The molecule has 0 spiro atoms. The third kappa shape index (κ3) is 1.09. The van der Waals surface area contributed by atoms with Crippen LogP contribution in [0, 0.1) is 0 Å². The summed E-state index contributed by atoms with van der Waals surface area (Å²) < 4.78 is 5.52. The maximum Gasteiger partial charge on any atom is 0.129 e. The molecule has 2 aliphatic carbocycles. The zero-order valence-electron chi connectivity index (χ0n) is 8.05. The number of benzene rings is 1. The van der Waals surface area contributed by atoms with Crippen LogP contribution in [0.1, 0.15) is 30.5 Å². The second-order valence-corrected chi connectivity index (χ2v) is 3.31. The van der Waals surface area contributed by atoms with Crippen LogP contribution < -0.4 is 4.74 Å². The molecule has 2 heteroatoms. The molecule has 0 aliphatic heterocycles. The number of phenolic OH excluding ortho intramolecular Hbond substituents is 1. The summed E-state index contributed by atoms with van der Waals surface area (Å²) in [6.45, 7) is 4.74. The Kier molecular flexibility index (Phi) is 1.91. The van der Waals surface area contributed by atoms with Crippen molar-refractivity contribution in [3.05, 3.63) is 22.8 Å². The highest BCUT2D eigenvalue weighted by molar-refractivity contribution is 5.63. The van der Waals surface area contributed by atoms with Crippen molar-refractivity contribution >= 4 is 0 Å². The molecule has 1 aromatic rings. The fraction of sp³-hybridized carbons (Fsp3) is 0.455. The largest absolute Gasteiger partial charge is 0.507 e. The topological polar surface area (TPSA) is 29.5 Å². The third-order valence-electron chi connectivity index (χ3n) is 2.54. The molecule has 0 radical (unpaired) electrons. The fourth-order valence-electron chi connectivity index (χ4n) is 1.81. The van der Waals surface area contributed by atoms with Gasteiger partial charge in [-0.05, 0) is 30.5 Å². The first kappa shape index (κ1) is 8.42. The van der Waals surface area contributed by atoms with Crippen LogP contribution in [0.2, 0.25) is 0 Å². The lowest BCUT2D eigenvalue weighted by molar-refractivity contribution is 0.326. The molecular formula is C11H14O2. The minimum Gasteiger partial charge on any atom is -0.507 e. The van der Waals surface area contributed by atoms with Crippen LogP contribution in [-0.4, -0.2) is 11.7 Å². The summed E-state index contributed by atoms with van der Waals surface area (Å²) in [5.41, 5.74) is 3.28. The molecule has 13 heavy (non-hydrogen) atoms. The van der Waals surface area contributed by atoms with E-state index in [0.29, 0.717) is 12.4 Å². The number of rotatable bonds is 3. The lowest BCUT2D eigenvalue weighted by Crippen LogP contribution is -2.10. The fourth-order valence-corrected chi connectivity index (χ4v) is 1.81. The van der Waals surface area contributed by atoms with Crippen LogP contribution in [0.3, 0.4) is 0 Å². The van der Waals surface area contributed by atoms with Gasteiger partial charge in [0.1, 0.15) is 11.5 Å². The number of hydrogen-bond donors (Lipinski definition) is 1. The Bertz CT molecular complexity index is 342. The van der Waals surface area contributed by atoms with Crippen molar-refractivity contribution in [1.82, 2.24) is 0 Å². The lowest BCUT2D eigenvalue weighted by Gasteiger charge is -2.25. The van der Waals surface area contributed by atoms with Gasteiger partial charge in [0.2, 0.25) is 0 Å². The minimum atomic E-state index is 0.445. The van der Waals surface area contributed by atoms with Gasteiger partial charge in [0.15, 0.2) is 0 Å². The standard InChI is InChI=1S/C11H14O2/c1-3-7-5-8-6-9(10(8)12)11(7)13-4-2/h5,12H,3-4,6H2,1-2H3. The molecule has 1 N–H and O–H groups in total. The summed E-state index contributed by atoms with van der Waals surface area (Å²) in [6, 6.07) is 2.05. The van der Waals surface area contributed by atoms with Gasteiger partial charge in [-0.1, -0.05) is 6.92 Å². The molecule has 2 bridgehead atoms. The second kappa shape index (κ2) is 2.95. The first-order valence-corrected chi connectivity index (χ1v) is 4.77. The Morgan fingerprint density at radius 3 is 2.77 bits per heavy atom. The van der Waals surface area contributed by atoms with Crippen molar-refractivity contribution < 1.29 is 9.84 Å². The predicted octanol–water partition coefficient (Wildman–Crippen LogP) is 2.26. The molecule has 0 amide bonds. The van der Waals surface area contributed by atoms with Gasteiger partial charge in [-0.25, -0.2) is 0 Å². The molecule has 0 saturated carbocycles. The summed E-state index contributed by atoms with van der Waals surface area (Å²) in [4.78, 5) is 0. The summed E-state index contributed by atoms with van der Waals surface area (Å²) in [6.07, 6.45) is 1.85. The predicted molar refractivity (Wildman–Crippen MR) is 51.5 cm³/mol. The molecule has 0 atom stereocenters. The van der Waals surface area contributed by atoms with Crippen molar-refractivity contribution in [3.8, 4) is 11.5 Å². The van der Waals surface area contributed by atoms with E-state index in [1.54, 1.807) is 0 Å². The SMILES string of the molecule is CCOc1c(CC)cc2c(O)c1C2. The van der Waals surface area contributed by atoms with E-state index >= 15 is 0 Å². The van der Waals surface area contributed by atoms with Crippen molar-refractivity contribution in [2.75, 3.05) is 6.61 Å². The Labute approximate surface area is 78.2 Å². The molecule has 2 nitrogen and oxygen atoms in total. The number of phenols is 1. The average molecular weight is 178 g/mol. The average Bonchev–Trinajstić information content (AvgIpc) is 2.17. The molecule has 3 rings (SSSR count). The maximum absolute atomic E-state index is 9.53. The van der Waals surface area contributed by atoms with Crippen molar-refractivity contribution in [1.29, 1.82) is 0 Å². The molecule has 2 aliphatic rings. The highest BCUT2D eigenvalue weighted by atomic mass is 16.5. The van der Waals surface area contributed by atoms with Gasteiger partial charge < -0.3 is 9.84 Å². The Morgan fingerprint density at radius 1 is 1.46 bits per heavy atom. The molecular weight excluding hydrogens is 164 g/mol. The number of aromatic hydroxyl groups is 1. The summed E-state index contributed by atoms with van der Waals surface area (Å²) in [5.74, 6) is 1.36. The van der Waals surface area contributed by atoms with Crippen LogP contribution in [0.15, 0.2) is 6.07 Å². The highest BCUT2D eigenvalue weighted by Crippen LogP contribution is 2.45. The van der Waals surface area contributed by atoms with Crippen LogP contribution in [-0.2, 0) is 12.8 Å². The molecule has 70 valence electrons. The van der Waals surface area contributed by atoms with E-state index in [1.165, 1.54) is 5.56 Å². The molecule has 0 unspecified atom stereocenters. The van der Waals surface area contributed by atoms with Crippen LogP contribution in [0.5, 0.6) is 11.5 Å². The Balaban J connectivity index is 2.45. The second-order valence-electron chi connectivity index (χ2n) is 3.31. The van der Waals surface area contributed by atoms with E-state index in [9.17, 15) is 5.11 Å². The normalized spacial score (nSPS) is 12.5. The van der Waals surface area contributed by atoms with Gasteiger partial charge in [-0.15, -0.1) is 0 Å². The zero-order valence-corrected chi connectivity index (χ0v) is 8.05. The van der Waals surface area contributed by atoms with E-state index < -0.39 is 0 Å². The van der Waals surface area contributed by atoms with Gasteiger partial charge in [0.05, 0.1) is 6.61 Å². The van der Waals surface area contributed by atoms with Gasteiger partial charge in [0, 0.05) is 12.0 Å². The molecule has 1 aromatic carbocycles. The van der Waals surface area contributed by atoms with Gasteiger partial charge in [0.25, 0.3) is 0 Å². The highest BCUT2D eigenvalue weighted by Gasteiger charge is 2.26. The maximum atomic E-state index is 9.53. The number of aryl methyl sites for hydroxylation is 1. The quantitative estimate of drug-likeness (QED) is 0.781. The molecule has 0 heterocycles. The monoisotopic (exact) mass is 178 g/mol. The lowest BCUT2D eigenvalue weighted by atomic mass is 9.86. The third-order valence-corrected chi connectivity index (χ3v) is 2.54. The minimum absolute atomic E-state index is 0.445. The first-order chi connectivity index (χ1) is 6.27. The summed E-state index contributed by atoms with van der Waals surface area (Å²) in [7, 11) is 0. The number of fused-ring (bicyclic) bond motifs is 2. The number of ether oxygens (including phenoxy) is 1. The van der Waals surface area contributed by atoms with E-state index in [-0.39, 0.29) is 0 Å². The van der Waals surface area contributed by atoms with E-state index in [2.05, 4.69) is 6.92 Å². The van der Waals surface area contributed by atoms with E-state index in [4.69, 9.17) is 4.74 Å². The molecule has 0 aromatic heterocycles.